The Morgan fingerprint density at radius 3 is 1.71 bits per heavy atom. The van der Waals surface area contributed by atoms with Crippen molar-refractivity contribution in [3.05, 3.63) is 200 Å². The number of anilines is 3. The lowest BCUT2D eigenvalue weighted by atomic mass is 9.91. The van der Waals surface area contributed by atoms with E-state index in [0.717, 1.165) is 11.4 Å². The van der Waals surface area contributed by atoms with Crippen LogP contribution in [0.5, 0.6) is 0 Å². The van der Waals surface area contributed by atoms with Crippen LogP contribution in [0.3, 0.4) is 0 Å². The molecule has 2 heterocycles. The van der Waals surface area contributed by atoms with Gasteiger partial charge >= 0.3 is 0 Å². The molecule has 2 aromatic heterocycles. The normalized spacial score (nSPS) is 11.6. The van der Waals surface area contributed by atoms with E-state index in [0.29, 0.717) is 0 Å². The second kappa shape index (κ2) is 13.1. The van der Waals surface area contributed by atoms with Crippen LogP contribution < -0.4 is 4.90 Å². The fourth-order valence-electron chi connectivity index (χ4n) is 8.43. The van der Waals surface area contributed by atoms with E-state index in [1.54, 1.807) is 0 Å². The highest BCUT2D eigenvalue weighted by Crippen LogP contribution is 2.49. The molecule has 0 spiro atoms. The minimum absolute atomic E-state index is 1.12. The first-order chi connectivity index (χ1) is 27.3. The number of hydrogen-bond donors (Lipinski definition) is 0. The molecular formula is C52H33NS2. The number of fused-ring (bicyclic) bond motifs is 7. The Kier molecular flexibility index (Phi) is 7.61. The molecule has 0 saturated carbocycles. The predicted molar refractivity (Wildman–Crippen MR) is 241 cm³/mol. The first-order valence-electron chi connectivity index (χ1n) is 18.7. The Balaban J connectivity index is 1.12. The van der Waals surface area contributed by atoms with Gasteiger partial charge in [0.15, 0.2) is 0 Å². The zero-order valence-electron chi connectivity index (χ0n) is 29.8. The monoisotopic (exact) mass is 735 g/mol. The summed E-state index contributed by atoms with van der Waals surface area (Å²) in [5.41, 5.74) is 10.8. The van der Waals surface area contributed by atoms with Crippen molar-refractivity contribution in [1.29, 1.82) is 0 Å². The molecule has 0 unspecified atom stereocenters. The van der Waals surface area contributed by atoms with Gasteiger partial charge in [-0.2, -0.15) is 0 Å². The molecule has 0 amide bonds. The van der Waals surface area contributed by atoms with Gasteiger partial charge in [0, 0.05) is 57.2 Å². The van der Waals surface area contributed by atoms with Gasteiger partial charge in [-0.05, 0) is 75.5 Å². The smallest absolute Gasteiger partial charge is 0.0555 e. The molecule has 55 heavy (non-hydrogen) atoms. The second-order valence-electron chi connectivity index (χ2n) is 14.0. The summed E-state index contributed by atoms with van der Waals surface area (Å²) in [5, 5.41) is 7.70. The van der Waals surface area contributed by atoms with E-state index in [1.165, 1.54) is 90.2 Å². The van der Waals surface area contributed by atoms with E-state index >= 15 is 0 Å². The maximum atomic E-state index is 2.49. The number of nitrogens with zero attached hydrogens (tertiary/aromatic N) is 1. The lowest BCUT2D eigenvalue weighted by Gasteiger charge is -2.29. The predicted octanol–water partition coefficient (Wildman–Crippen LogP) is 16.0. The largest absolute Gasteiger partial charge is 0.309 e. The summed E-state index contributed by atoms with van der Waals surface area (Å²) in [4.78, 5) is 2.49. The minimum Gasteiger partial charge on any atom is -0.309 e. The third kappa shape index (κ3) is 5.27. The molecule has 0 aliphatic carbocycles. The summed E-state index contributed by atoms with van der Waals surface area (Å²) in [5.74, 6) is 0. The highest BCUT2D eigenvalue weighted by Gasteiger charge is 2.23. The lowest BCUT2D eigenvalue weighted by Crippen LogP contribution is -2.11. The average molecular weight is 736 g/mol. The van der Waals surface area contributed by atoms with Crippen molar-refractivity contribution in [2.24, 2.45) is 0 Å². The lowest BCUT2D eigenvalue weighted by molar-refractivity contribution is 1.30. The highest BCUT2D eigenvalue weighted by atomic mass is 32.1. The van der Waals surface area contributed by atoms with E-state index in [2.05, 4.69) is 205 Å². The Labute approximate surface area is 327 Å². The van der Waals surface area contributed by atoms with Crippen molar-refractivity contribution in [3.8, 4) is 33.4 Å². The zero-order valence-corrected chi connectivity index (χ0v) is 31.4. The second-order valence-corrected chi connectivity index (χ2v) is 16.1. The van der Waals surface area contributed by atoms with E-state index in [4.69, 9.17) is 0 Å². The third-order valence-corrected chi connectivity index (χ3v) is 13.3. The van der Waals surface area contributed by atoms with Crippen molar-refractivity contribution in [1.82, 2.24) is 0 Å². The van der Waals surface area contributed by atoms with E-state index in [-0.39, 0.29) is 0 Å². The molecule has 0 aliphatic heterocycles. The molecule has 11 aromatic rings. The highest BCUT2D eigenvalue weighted by molar-refractivity contribution is 7.26. The van der Waals surface area contributed by atoms with Gasteiger partial charge in [0.2, 0.25) is 0 Å². The number of para-hydroxylation sites is 1. The van der Waals surface area contributed by atoms with Gasteiger partial charge in [0.05, 0.1) is 11.4 Å². The summed E-state index contributed by atoms with van der Waals surface area (Å²) in [6, 6.07) is 73.4. The van der Waals surface area contributed by atoms with Crippen LogP contribution in [0.4, 0.5) is 17.1 Å². The van der Waals surface area contributed by atoms with Gasteiger partial charge in [0.1, 0.15) is 0 Å². The summed E-state index contributed by atoms with van der Waals surface area (Å²) in [6.07, 6.45) is 0. The van der Waals surface area contributed by atoms with Gasteiger partial charge in [-0.3, -0.25) is 0 Å². The summed E-state index contributed by atoms with van der Waals surface area (Å²) >= 11 is 3.75. The van der Waals surface area contributed by atoms with Crippen molar-refractivity contribution in [2.75, 3.05) is 4.90 Å². The molecule has 258 valence electrons. The molecule has 9 aromatic carbocycles. The number of benzene rings is 9. The van der Waals surface area contributed by atoms with Crippen LogP contribution >= 0.6 is 22.7 Å². The molecule has 3 heteroatoms. The Hall–Kier alpha value is -6.52. The number of thiophene rings is 2. The SMILES string of the molecule is c1ccc(-c2cccc3ccccc23)c(-c2ccc(N(c3ccccc3-c3cccc4c3sc3ccccc34)c3cccc4sc5ccccc5c34)cc2)c1. The number of hydrogen-bond acceptors (Lipinski definition) is 3. The molecule has 0 N–H and O–H groups in total. The van der Waals surface area contributed by atoms with Crippen LogP contribution in [-0.4, -0.2) is 0 Å². The van der Waals surface area contributed by atoms with Crippen molar-refractivity contribution in [3.63, 3.8) is 0 Å². The first-order valence-corrected chi connectivity index (χ1v) is 20.3. The van der Waals surface area contributed by atoms with Crippen LogP contribution in [0.25, 0.3) is 84.5 Å². The summed E-state index contributed by atoms with van der Waals surface area (Å²) in [6.45, 7) is 0. The molecule has 0 saturated heterocycles. The molecule has 0 atom stereocenters. The topological polar surface area (TPSA) is 3.24 Å². The molecule has 11 rings (SSSR count). The Morgan fingerprint density at radius 1 is 0.309 bits per heavy atom. The summed E-state index contributed by atoms with van der Waals surface area (Å²) < 4.78 is 5.21. The molecule has 0 bridgehead atoms. The fourth-order valence-corrected chi connectivity index (χ4v) is 10.8. The maximum Gasteiger partial charge on any atom is 0.0555 e. The Bertz CT molecular complexity index is 3220. The van der Waals surface area contributed by atoms with E-state index in [9.17, 15) is 0 Å². The van der Waals surface area contributed by atoms with Crippen molar-refractivity contribution >= 4 is 90.9 Å². The van der Waals surface area contributed by atoms with Gasteiger partial charge in [0.25, 0.3) is 0 Å². The molecular weight excluding hydrogens is 703 g/mol. The minimum atomic E-state index is 1.12. The van der Waals surface area contributed by atoms with Crippen molar-refractivity contribution < 1.29 is 0 Å². The quantitative estimate of drug-likeness (QED) is 0.164. The molecule has 0 fully saturated rings. The van der Waals surface area contributed by atoms with Gasteiger partial charge in [-0.25, -0.2) is 0 Å². The van der Waals surface area contributed by atoms with E-state index < -0.39 is 0 Å². The molecule has 1 nitrogen and oxygen atoms in total. The van der Waals surface area contributed by atoms with Crippen LogP contribution in [0.15, 0.2) is 200 Å². The maximum absolute atomic E-state index is 2.49. The molecule has 0 radical (unpaired) electrons. The third-order valence-electron chi connectivity index (χ3n) is 10.9. The Morgan fingerprint density at radius 2 is 0.855 bits per heavy atom. The standard InChI is InChI=1S/C52H33NS2/c1-2-16-37-34(14-1)15-11-22-40(37)39-18-4-3-17-38(39)35-30-32-36(33-31-35)53(47-26-13-29-50-51(47)45-21-7-10-28-49(45)54-50)46-25-8-5-19-41(46)43-23-12-24-44-42-20-6-9-27-48(42)55-52(43)44/h1-33H. The van der Waals surface area contributed by atoms with E-state index in [1.807, 2.05) is 22.7 Å². The van der Waals surface area contributed by atoms with Crippen molar-refractivity contribution in [2.45, 2.75) is 0 Å². The van der Waals surface area contributed by atoms with Crippen LogP contribution in [0.1, 0.15) is 0 Å². The first kappa shape index (κ1) is 32.0. The number of rotatable bonds is 6. The van der Waals surface area contributed by atoms with Crippen LogP contribution in [-0.2, 0) is 0 Å². The van der Waals surface area contributed by atoms with Gasteiger partial charge in [-0.15, -0.1) is 22.7 Å². The van der Waals surface area contributed by atoms with Crippen LogP contribution in [0, 0.1) is 0 Å². The zero-order chi connectivity index (χ0) is 36.3. The van der Waals surface area contributed by atoms with Gasteiger partial charge < -0.3 is 4.90 Å². The summed E-state index contributed by atoms with van der Waals surface area (Å²) in [7, 11) is 0. The van der Waals surface area contributed by atoms with Gasteiger partial charge in [-0.1, -0.05) is 158 Å². The van der Waals surface area contributed by atoms with Crippen LogP contribution in [0.2, 0.25) is 0 Å². The fraction of sp³-hybridized carbons (Fsp3) is 0. The average Bonchev–Trinajstić information content (AvgIpc) is 3.83. The molecule has 0 aliphatic rings.